The van der Waals surface area contributed by atoms with Crippen molar-refractivity contribution in [3.63, 3.8) is 0 Å². The molecule has 3 N–H and O–H groups in total. The maximum Gasteiger partial charge on any atom is 0.325 e. The summed E-state index contributed by atoms with van der Waals surface area (Å²) >= 11 is 0. The summed E-state index contributed by atoms with van der Waals surface area (Å²) in [7, 11) is 0. The number of piperidine rings is 1. The van der Waals surface area contributed by atoms with Crippen molar-refractivity contribution in [1.82, 2.24) is 20.9 Å². The number of imide groups is 1. The van der Waals surface area contributed by atoms with Crippen molar-refractivity contribution in [3.05, 3.63) is 0 Å². The molecule has 3 saturated heterocycles. The van der Waals surface area contributed by atoms with Crippen LogP contribution in [0.2, 0.25) is 0 Å². The van der Waals surface area contributed by atoms with Gasteiger partial charge in [-0.15, -0.1) is 0 Å². The lowest BCUT2D eigenvalue weighted by Gasteiger charge is -2.40. The van der Waals surface area contributed by atoms with Gasteiger partial charge in [-0.3, -0.25) is 14.5 Å². The molecule has 4 rings (SSSR count). The van der Waals surface area contributed by atoms with Crippen LogP contribution in [0, 0.1) is 11.3 Å². The van der Waals surface area contributed by atoms with Crippen molar-refractivity contribution in [2.45, 2.75) is 95.8 Å². The Morgan fingerprint density at radius 3 is 2.29 bits per heavy atom. The Bertz CT molecular complexity index is 651. The van der Waals surface area contributed by atoms with E-state index in [4.69, 9.17) is 0 Å². The van der Waals surface area contributed by atoms with Crippen LogP contribution in [0.3, 0.4) is 0 Å². The highest BCUT2D eigenvalue weighted by molar-refractivity contribution is 6.09. The minimum absolute atomic E-state index is 0.142. The second-order valence-corrected chi connectivity index (χ2v) is 10.4. The average molecular weight is 391 g/mol. The van der Waals surface area contributed by atoms with Gasteiger partial charge < -0.3 is 16.0 Å². The van der Waals surface area contributed by atoms with Gasteiger partial charge in [0.2, 0.25) is 5.91 Å². The summed E-state index contributed by atoms with van der Waals surface area (Å²) in [6.45, 7) is 6.52. The zero-order valence-corrected chi connectivity index (χ0v) is 17.3. The highest BCUT2D eigenvalue weighted by atomic mass is 16.2. The van der Waals surface area contributed by atoms with E-state index < -0.39 is 11.6 Å². The number of amides is 4. The Morgan fingerprint density at radius 2 is 1.71 bits per heavy atom. The minimum Gasteiger partial charge on any atom is -0.352 e. The number of carbonyl (C=O) groups excluding carboxylic acids is 3. The van der Waals surface area contributed by atoms with Crippen LogP contribution >= 0.6 is 0 Å². The van der Waals surface area contributed by atoms with E-state index in [2.05, 4.69) is 36.7 Å². The molecule has 1 saturated carbocycles. The lowest BCUT2D eigenvalue weighted by Crippen LogP contribution is -2.52. The summed E-state index contributed by atoms with van der Waals surface area (Å²) < 4.78 is 0. The summed E-state index contributed by atoms with van der Waals surface area (Å²) in [6.07, 6.45) is 7.37. The predicted molar refractivity (Wildman–Crippen MR) is 105 cm³/mol. The number of hydrogen-bond donors (Lipinski definition) is 3. The highest BCUT2D eigenvalue weighted by Crippen LogP contribution is 2.43. The molecule has 2 unspecified atom stereocenters. The second-order valence-electron chi connectivity index (χ2n) is 10.4. The zero-order chi connectivity index (χ0) is 20.1. The Balaban J connectivity index is 1.33. The second kappa shape index (κ2) is 7.01. The fourth-order valence-electron chi connectivity index (χ4n) is 5.73. The third kappa shape index (κ3) is 3.65. The first-order valence-electron chi connectivity index (χ1n) is 10.9. The van der Waals surface area contributed by atoms with Gasteiger partial charge in [0.1, 0.15) is 12.1 Å². The fourth-order valence-corrected chi connectivity index (χ4v) is 5.73. The molecule has 0 radical (unpaired) electrons. The molecule has 4 fully saturated rings. The topological polar surface area (TPSA) is 90.5 Å². The smallest absolute Gasteiger partial charge is 0.325 e. The van der Waals surface area contributed by atoms with Crippen LogP contribution in [0.15, 0.2) is 0 Å². The number of fused-ring (bicyclic) bond motifs is 2. The van der Waals surface area contributed by atoms with Crippen molar-refractivity contribution >= 4 is 17.8 Å². The molecule has 7 nitrogen and oxygen atoms in total. The molecule has 4 aliphatic rings. The SMILES string of the molecule is CC(C)(C)C1CCC2(CC1)NC(=O)N(CC(=O)NC1CC3CCC(C1)N3)C2=O. The number of urea groups is 1. The van der Waals surface area contributed by atoms with Crippen LogP contribution < -0.4 is 16.0 Å². The van der Waals surface area contributed by atoms with E-state index in [1.54, 1.807) is 0 Å². The van der Waals surface area contributed by atoms with E-state index in [0.29, 0.717) is 30.8 Å². The van der Waals surface area contributed by atoms with Crippen LogP contribution in [0.25, 0.3) is 0 Å². The van der Waals surface area contributed by atoms with Gasteiger partial charge in [-0.05, 0) is 62.7 Å². The van der Waals surface area contributed by atoms with Gasteiger partial charge in [0.25, 0.3) is 5.91 Å². The molecule has 0 aromatic carbocycles. The molecule has 156 valence electrons. The van der Waals surface area contributed by atoms with E-state index in [1.165, 1.54) is 12.8 Å². The van der Waals surface area contributed by atoms with Gasteiger partial charge >= 0.3 is 6.03 Å². The average Bonchev–Trinajstić information content (AvgIpc) is 3.06. The number of nitrogens with zero attached hydrogens (tertiary/aromatic N) is 1. The fraction of sp³-hybridized carbons (Fsp3) is 0.857. The highest BCUT2D eigenvalue weighted by Gasteiger charge is 2.53. The Hall–Kier alpha value is -1.63. The van der Waals surface area contributed by atoms with Crippen molar-refractivity contribution in [1.29, 1.82) is 0 Å². The summed E-state index contributed by atoms with van der Waals surface area (Å²) in [5.41, 5.74) is -0.589. The number of carbonyl (C=O) groups is 3. The number of rotatable bonds is 3. The predicted octanol–water partition coefficient (Wildman–Crippen LogP) is 1.91. The molecule has 0 aromatic heterocycles. The van der Waals surface area contributed by atoms with Crippen LogP contribution in [0.5, 0.6) is 0 Å². The minimum atomic E-state index is -0.799. The lowest BCUT2D eigenvalue weighted by atomic mass is 9.67. The molecule has 28 heavy (non-hydrogen) atoms. The maximum atomic E-state index is 13.0. The molecule has 7 heteroatoms. The van der Waals surface area contributed by atoms with Gasteiger partial charge in [0.15, 0.2) is 0 Å². The summed E-state index contributed by atoms with van der Waals surface area (Å²) in [6, 6.07) is 0.701. The third-order valence-corrected chi connectivity index (χ3v) is 7.45. The molecule has 4 amide bonds. The van der Waals surface area contributed by atoms with Crippen molar-refractivity contribution in [2.24, 2.45) is 11.3 Å². The quantitative estimate of drug-likeness (QED) is 0.642. The Kier molecular flexibility index (Phi) is 4.92. The molecular weight excluding hydrogens is 356 g/mol. The lowest BCUT2D eigenvalue weighted by molar-refractivity contribution is -0.136. The van der Waals surface area contributed by atoms with Crippen molar-refractivity contribution < 1.29 is 14.4 Å². The Labute approximate surface area is 167 Å². The molecule has 2 atom stereocenters. The molecule has 3 heterocycles. The van der Waals surface area contributed by atoms with E-state index in [-0.39, 0.29) is 29.8 Å². The first-order chi connectivity index (χ1) is 13.2. The summed E-state index contributed by atoms with van der Waals surface area (Å²) in [4.78, 5) is 39.2. The maximum absolute atomic E-state index is 13.0. The first-order valence-corrected chi connectivity index (χ1v) is 10.9. The molecule has 3 aliphatic heterocycles. The van der Waals surface area contributed by atoms with Crippen LogP contribution in [-0.2, 0) is 9.59 Å². The van der Waals surface area contributed by atoms with Crippen molar-refractivity contribution in [2.75, 3.05) is 6.54 Å². The van der Waals surface area contributed by atoms with E-state index in [1.807, 2.05) is 0 Å². The molecule has 0 aromatic rings. The number of nitrogens with one attached hydrogen (secondary N) is 3. The van der Waals surface area contributed by atoms with Gasteiger partial charge in [0, 0.05) is 18.1 Å². The summed E-state index contributed by atoms with van der Waals surface area (Å²) in [5, 5.41) is 9.53. The van der Waals surface area contributed by atoms with Gasteiger partial charge in [-0.2, -0.15) is 0 Å². The molecule has 1 spiro atoms. The van der Waals surface area contributed by atoms with E-state index in [0.717, 1.165) is 30.6 Å². The van der Waals surface area contributed by atoms with Crippen LogP contribution in [0.1, 0.15) is 72.1 Å². The van der Waals surface area contributed by atoms with Gasteiger partial charge in [-0.25, -0.2) is 4.79 Å². The zero-order valence-electron chi connectivity index (χ0n) is 17.3. The van der Waals surface area contributed by atoms with Gasteiger partial charge in [0.05, 0.1) is 0 Å². The van der Waals surface area contributed by atoms with E-state index in [9.17, 15) is 14.4 Å². The molecule has 2 bridgehead atoms. The molecular formula is C21H34N4O3. The van der Waals surface area contributed by atoms with Gasteiger partial charge in [-0.1, -0.05) is 20.8 Å². The summed E-state index contributed by atoms with van der Waals surface area (Å²) in [5.74, 6) is 0.107. The van der Waals surface area contributed by atoms with E-state index >= 15 is 0 Å². The number of hydrogen-bond acceptors (Lipinski definition) is 4. The molecule has 1 aliphatic carbocycles. The Morgan fingerprint density at radius 1 is 1.11 bits per heavy atom. The third-order valence-electron chi connectivity index (χ3n) is 7.45. The largest absolute Gasteiger partial charge is 0.352 e. The standard InChI is InChI=1S/C21H34N4O3/c1-20(2,3)13-6-8-21(9-7-13)18(27)25(19(28)24-21)12-17(26)23-16-10-14-4-5-15(11-16)22-14/h13-16,22H,4-12H2,1-3H3,(H,23,26)(H,24,28). The normalized spacial score (nSPS) is 38.0. The first kappa shape index (κ1) is 19.7. The van der Waals surface area contributed by atoms with Crippen LogP contribution in [-0.4, -0.2) is 53.0 Å². The van der Waals surface area contributed by atoms with Crippen molar-refractivity contribution in [3.8, 4) is 0 Å². The monoisotopic (exact) mass is 390 g/mol. The van der Waals surface area contributed by atoms with Crippen LogP contribution in [0.4, 0.5) is 4.79 Å².